The molecule has 0 bridgehead atoms. The van der Waals surface area contributed by atoms with E-state index in [0.29, 0.717) is 5.56 Å². The molecule has 1 atom stereocenters. The van der Waals surface area contributed by atoms with Crippen LogP contribution in [0, 0.1) is 10.1 Å². The predicted molar refractivity (Wildman–Crippen MR) is 45.9 cm³/mol. The average Bonchev–Trinajstić information content (AvgIpc) is 2.04. The van der Waals surface area contributed by atoms with Crippen molar-refractivity contribution in [2.45, 2.75) is 5.50 Å². The van der Waals surface area contributed by atoms with E-state index >= 15 is 0 Å². The molecular formula is C7H7ClN2O2. The fourth-order valence-electron chi connectivity index (χ4n) is 0.887. The van der Waals surface area contributed by atoms with Crippen LogP contribution in [0.2, 0.25) is 0 Å². The lowest BCUT2D eigenvalue weighted by Gasteiger charge is -2.02. The van der Waals surface area contributed by atoms with Crippen molar-refractivity contribution in [3.05, 3.63) is 39.9 Å². The van der Waals surface area contributed by atoms with Crippen LogP contribution in [0.25, 0.3) is 0 Å². The van der Waals surface area contributed by atoms with E-state index in [0.717, 1.165) is 0 Å². The van der Waals surface area contributed by atoms with Gasteiger partial charge in [-0.2, -0.15) is 0 Å². The number of hydrogen-bond acceptors (Lipinski definition) is 3. The Labute approximate surface area is 74.1 Å². The molecule has 0 saturated carbocycles. The van der Waals surface area contributed by atoms with E-state index in [1.54, 1.807) is 12.1 Å². The number of hydrogen-bond donors (Lipinski definition) is 1. The zero-order valence-electron chi connectivity index (χ0n) is 6.11. The summed E-state index contributed by atoms with van der Waals surface area (Å²) in [4.78, 5) is 9.92. The van der Waals surface area contributed by atoms with Gasteiger partial charge in [0.1, 0.15) is 5.50 Å². The van der Waals surface area contributed by atoms with E-state index < -0.39 is 10.4 Å². The molecule has 0 saturated heterocycles. The Balaban J connectivity index is 3.17. The van der Waals surface area contributed by atoms with E-state index in [1.165, 1.54) is 12.1 Å². The van der Waals surface area contributed by atoms with Crippen LogP contribution in [0.4, 0.5) is 5.69 Å². The van der Waals surface area contributed by atoms with Crippen LogP contribution in [0.15, 0.2) is 24.3 Å². The molecule has 0 aliphatic rings. The fraction of sp³-hybridized carbons (Fsp3) is 0.143. The smallest absolute Gasteiger partial charge is 0.275 e. The summed E-state index contributed by atoms with van der Waals surface area (Å²) in [5.74, 6) is 0. The molecule has 0 aromatic heterocycles. The van der Waals surface area contributed by atoms with Crippen LogP contribution in [-0.4, -0.2) is 4.92 Å². The Morgan fingerprint density at radius 1 is 1.50 bits per heavy atom. The lowest BCUT2D eigenvalue weighted by Crippen LogP contribution is -2.05. The molecule has 4 nitrogen and oxygen atoms in total. The summed E-state index contributed by atoms with van der Waals surface area (Å²) in [5.41, 5.74) is 4.78. The molecule has 0 aliphatic heterocycles. The van der Waals surface area contributed by atoms with Gasteiger partial charge in [0, 0.05) is 6.07 Å². The number of benzene rings is 1. The SMILES string of the molecule is NC(Cl)c1ccccc1[N+](=O)[O-]. The number of nitro benzene ring substituents is 1. The van der Waals surface area contributed by atoms with Crippen molar-refractivity contribution in [2.75, 3.05) is 0 Å². The number of nitrogens with two attached hydrogens (primary N) is 1. The predicted octanol–water partition coefficient (Wildman–Crippen LogP) is 1.79. The summed E-state index contributed by atoms with van der Waals surface area (Å²) in [6, 6.07) is 6.14. The summed E-state index contributed by atoms with van der Waals surface area (Å²) < 4.78 is 0. The number of alkyl halides is 1. The summed E-state index contributed by atoms with van der Waals surface area (Å²) in [6.45, 7) is 0. The maximum absolute atomic E-state index is 10.4. The zero-order chi connectivity index (χ0) is 9.14. The van der Waals surface area contributed by atoms with Crippen LogP contribution >= 0.6 is 11.6 Å². The van der Waals surface area contributed by atoms with Crippen molar-refractivity contribution in [1.29, 1.82) is 0 Å². The van der Waals surface area contributed by atoms with Crippen molar-refractivity contribution >= 4 is 17.3 Å². The Kier molecular flexibility index (Phi) is 2.62. The molecule has 0 fully saturated rings. The van der Waals surface area contributed by atoms with Crippen LogP contribution in [-0.2, 0) is 0 Å². The van der Waals surface area contributed by atoms with E-state index in [9.17, 15) is 10.1 Å². The van der Waals surface area contributed by atoms with Gasteiger partial charge in [-0.15, -0.1) is 11.6 Å². The first-order chi connectivity index (χ1) is 5.63. The Morgan fingerprint density at radius 2 is 2.08 bits per heavy atom. The van der Waals surface area contributed by atoms with Crippen molar-refractivity contribution in [2.24, 2.45) is 5.73 Å². The minimum absolute atomic E-state index is 0.0417. The first-order valence-corrected chi connectivity index (χ1v) is 3.69. The molecule has 0 aliphatic carbocycles. The lowest BCUT2D eigenvalue weighted by molar-refractivity contribution is -0.385. The number of para-hydroxylation sites is 1. The van der Waals surface area contributed by atoms with Gasteiger partial charge in [-0.25, -0.2) is 0 Å². The first kappa shape index (κ1) is 8.96. The standard InChI is InChI=1S/C7H7ClN2O2/c8-7(9)5-3-1-2-4-6(5)10(11)12/h1-4,7H,9H2. The van der Waals surface area contributed by atoms with Crippen LogP contribution in [0.3, 0.4) is 0 Å². The van der Waals surface area contributed by atoms with Gasteiger partial charge in [-0.05, 0) is 6.07 Å². The molecule has 2 N–H and O–H groups in total. The molecule has 12 heavy (non-hydrogen) atoms. The van der Waals surface area contributed by atoms with E-state index in [2.05, 4.69) is 0 Å². The van der Waals surface area contributed by atoms with E-state index in [1.807, 2.05) is 0 Å². The maximum atomic E-state index is 10.4. The van der Waals surface area contributed by atoms with E-state index in [-0.39, 0.29) is 5.69 Å². The highest BCUT2D eigenvalue weighted by Gasteiger charge is 2.15. The van der Waals surface area contributed by atoms with Gasteiger partial charge < -0.3 is 5.73 Å². The molecule has 1 unspecified atom stereocenters. The van der Waals surface area contributed by atoms with Crippen molar-refractivity contribution in [1.82, 2.24) is 0 Å². The second-order valence-corrected chi connectivity index (χ2v) is 2.69. The summed E-state index contributed by atoms with van der Waals surface area (Å²) >= 11 is 5.53. The number of halogens is 1. The summed E-state index contributed by atoms with van der Waals surface area (Å²) in [6.07, 6.45) is 0. The molecule has 1 rings (SSSR count). The van der Waals surface area contributed by atoms with Gasteiger partial charge in [0.05, 0.1) is 10.5 Å². The lowest BCUT2D eigenvalue weighted by atomic mass is 10.2. The monoisotopic (exact) mass is 186 g/mol. The number of rotatable bonds is 2. The van der Waals surface area contributed by atoms with E-state index in [4.69, 9.17) is 17.3 Å². The third-order valence-corrected chi connectivity index (χ3v) is 1.67. The second-order valence-electron chi connectivity index (χ2n) is 2.22. The molecular weight excluding hydrogens is 180 g/mol. The van der Waals surface area contributed by atoms with Gasteiger partial charge >= 0.3 is 0 Å². The van der Waals surface area contributed by atoms with Crippen molar-refractivity contribution in [3.63, 3.8) is 0 Å². The van der Waals surface area contributed by atoms with Gasteiger partial charge in [0.15, 0.2) is 0 Å². The van der Waals surface area contributed by atoms with Gasteiger partial charge in [-0.3, -0.25) is 10.1 Å². The van der Waals surface area contributed by atoms with Crippen molar-refractivity contribution in [3.8, 4) is 0 Å². The molecule has 64 valence electrons. The average molecular weight is 187 g/mol. The topological polar surface area (TPSA) is 69.2 Å². The number of nitrogens with zero attached hydrogens (tertiary/aromatic N) is 1. The van der Waals surface area contributed by atoms with Crippen LogP contribution < -0.4 is 5.73 Å². The van der Waals surface area contributed by atoms with Gasteiger partial charge in [0.25, 0.3) is 5.69 Å². The quantitative estimate of drug-likeness (QED) is 0.331. The molecule has 1 aromatic rings. The zero-order valence-corrected chi connectivity index (χ0v) is 6.86. The minimum atomic E-state index is -0.827. The molecule has 0 radical (unpaired) electrons. The highest BCUT2D eigenvalue weighted by molar-refractivity contribution is 6.20. The van der Waals surface area contributed by atoms with Crippen LogP contribution in [0.1, 0.15) is 11.1 Å². The van der Waals surface area contributed by atoms with Crippen molar-refractivity contribution < 1.29 is 4.92 Å². The van der Waals surface area contributed by atoms with Gasteiger partial charge in [0.2, 0.25) is 0 Å². The molecule has 0 spiro atoms. The Morgan fingerprint density at radius 3 is 2.50 bits per heavy atom. The molecule has 0 heterocycles. The number of nitro groups is 1. The minimum Gasteiger partial charge on any atom is -0.311 e. The normalized spacial score (nSPS) is 12.5. The fourth-order valence-corrected chi connectivity index (χ4v) is 1.07. The molecule has 0 amide bonds. The third-order valence-electron chi connectivity index (χ3n) is 1.43. The maximum Gasteiger partial charge on any atom is 0.275 e. The largest absolute Gasteiger partial charge is 0.311 e. The Bertz CT molecular complexity index is 301. The van der Waals surface area contributed by atoms with Crippen LogP contribution in [0.5, 0.6) is 0 Å². The molecule has 1 aromatic carbocycles. The summed E-state index contributed by atoms with van der Waals surface area (Å²) in [7, 11) is 0. The Hall–Kier alpha value is -1.13. The first-order valence-electron chi connectivity index (χ1n) is 3.26. The third kappa shape index (κ3) is 1.72. The second kappa shape index (κ2) is 3.51. The van der Waals surface area contributed by atoms with Gasteiger partial charge in [-0.1, -0.05) is 12.1 Å². The highest BCUT2D eigenvalue weighted by Crippen LogP contribution is 2.24. The summed E-state index contributed by atoms with van der Waals surface area (Å²) in [5, 5.41) is 10.4. The molecule has 5 heteroatoms. The highest BCUT2D eigenvalue weighted by atomic mass is 35.5.